The number of fused-ring (bicyclic) bond motifs is 6. The van der Waals surface area contributed by atoms with E-state index >= 15 is 0 Å². The quantitative estimate of drug-likeness (QED) is 0.549. The maximum atomic E-state index is 13.9. The summed E-state index contributed by atoms with van der Waals surface area (Å²) in [6, 6.07) is 0.0545. The topological polar surface area (TPSA) is 75.6 Å². The van der Waals surface area contributed by atoms with Crippen LogP contribution in [0.2, 0.25) is 0 Å². The summed E-state index contributed by atoms with van der Waals surface area (Å²) in [5.41, 5.74) is -0.0151. The van der Waals surface area contributed by atoms with E-state index in [1.54, 1.807) is 0 Å². The molecule has 0 aromatic carbocycles. The fourth-order valence-electron chi connectivity index (χ4n) is 8.43. The number of rotatable bonds is 3. The lowest BCUT2D eigenvalue weighted by Gasteiger charge is -2.53. The van der Waals surface area contributed by atoms with Crippen LogP contribution >= 0.6 is 0 Å². The zero-order chi connectivity index (χ0) is 21.6. The van der Waals surface area contributed by atoms with E-state index in [9.17, 15) is 14.7 Å². The van der Waals surface area contributed by atoms with Crippen molar-refractivity contribution >= 4 is 11.7 Å². The molecule has 30 heavy (non-hydrogen) atoms. The number of ketones is 1. The Labute approximate surface area is 180 Å². The predicted octanol–water partition coefficient (Wildman–Crippen LogP) is 3.11. The number of amides is 1. The normalized spacial score (nSPS) is 51.9. The number of hydrogen-bond donors (Lipinski definition) is 2. The zero-order valence-corrected chi connectivity index (χ0v) is 19.0. The average molecular weight is 416 g/mol. The number of aliphatic hydroxyl groups is 1. The van der Waals surface area contributed by atoms with Crippen molar-refractivity contribution in [1.82, 2.24) is 5.32 Å². The molecule has 3 aliphatic heterocycles. The average Bonchev–Trinajstić information content (AvgIpc) is 3.05. The van der Waals surface area contributed by atoms with Gasteiger partial charge in [-0.15, -0.1) is 0 Å². The van der Waals surface area contributed by atoms with Crippen molar-refractivity contribution in [2.75, 3.05) is 6.61 Å². The van der Waals surface area contributed by atoms with Gasteiger partial charge in [0, 0.05) is 36.8 Å². The SMILES string of the molecule is CC1=CC2[C@@H]3[C@H](CC(=O)[C@]24C(=O)N[C@@H](CC(C)C)[C@@H]4[C@@H]1C)[C@H]1C[C@@H](CO)C[C@]3(C)O1. The number of carbonyl (C=O) groups is 2. The van der Waals surface area contributed by atoms with Crippen LogP contribution in [0.3, 0.4) is 0 Å². The summed E-state index contributed by atoms with van der Waals surface area (Å²) >= 11 is 0. The molecule has 1 spiro atoms. The molecule has 3 heterocycles. The fourth-order valence-corrected chi connectivity index (χ4v) is 8.43. The molecule has 4 fully saturated rings. The molecule has 5 rings (SSSR count). The minimum absolute atomic E-state index is 0.0218. The summed E-state index contributed by atoms with van der Waals surface area (Å²) in [4.78, 5) is 27.6. The second-order valence-electron chi connectivity index (χ2n) is 11.6. The molecule has 1 amide bonds. The Bertz CT molecular complexity index is 805. The summed E-state index contributed by atoms with van der Waals surface area (Å²) in [5.74, 6) is 1.23. The Morgan fingerprint density at radius 1 is 1.30 bits per heavy atom. The molecule has 2 bridgehead atoms. The van der Waals surface area contributed by atoms with Crippen LogP contribution in [0.15, 0.2) is 11.6 Å². The van der Waals surface area contributed by atoms with Crippen LogP contribution in [-0.2, 0) is 14.3 Å². The van der Waals surface area contributed by atoms with E-state index in [0.717, 1.165) is 19.3 Å². The zero-order valence-electron chi connectivity index (χ0n) is 19.0. The number of Topliss-reactive ketones (excluding diaryl/α,β-unsaturated/α-hetero) is 1. The van der Waals surface area contributed by atoms with Gasteiger partial charge in [-0.3, -0.25) is 9.59 Å². The van der Waals surface area contributed by atoms with Crippen LogP contribution in [0.1, 0.15) is 60.3 Å². The number of aliphatic hydroxyl groups excluding tert-OH is 1. The maximum absolute atomic E-state index is 13.9. The van der Waals surface area contributed by atoms with E-state index in [0.29, 0.717) is 12.3 Å². The lowest BCUT2D eigenvalue weighted by Crippen LogP contribution is -2.61. The first kappa shape index (κ1) is 20.7. The Morgan fingerprint density at radius 2 is 2.03 bits per heavy atom. The molecule has 0 aromatic heterocycles. The van der Waals surface area contributed by atoms with Gasteiger partial charge in [0.25, 0.3) is 0 Å². The molecule has 0 radical (unpaired) electrons. The molecule has 10 atom stereocenters. The lowest BCUT2D eigenvalue weighted by molar-refractivity contribution is -0.157. The maximum Gasteiger partial charge on any atom is 0.234 e. The van der Waals surface area contributed by atoms with Crippen LogP contribution < -0.4 is 5.32 Å². The summed E-state index contributed by atoms with van der Waals surface area (Å²) in [6.45, 7) is 11.1. The second kappa shape index (κ2) is 6.65. The molecule has 2 N–H and O–H groups in total. The smallest absolute Gasteiger partial charge is 0.234 e. The predicted molar refractivity (Wildman–Crippen MR) is 113 cm³/mol. The number of carbonyl (C=O) groups excluding carboxylic acids is 2. The van der Waals surface area contributed by atoms with Crippen LogP contribution in [0, 0.1) is 46.8 Å². The van der Waals surface area contributed by atoms with Crippen molar-refractivity contribution in [2.24, 2.45) is 46.8 Å². The van der Waals surface area contributed by atoms with Gasteiger partial charge in [0.15, 0.2) is 0 Å². The first-order chi connectivity index (χ1) is 14.1. The molecule has 2 aliphatic carbocycles. The largest absolute Gasteiger partial charge is 0.396 e. The van der Waals surface area contributed by atoms with Gasteiger partial charge in [-0.2, -0.15) is 0 Å². The van der Waals surface area contributed by atoms with Crippen molar-refractivity contribution in [3.63, 3.8) is 0 Å². The van der Waals surface area contributed by atoms with Crippen LogP contribution in [0.4, 0.5) is 0 Å². The van der Waals surface area contributed by atoms with Gasteiger partial charge < -0.3 is 15.2 Å². The van der Waals surface area contributed by atoms with Gasteiger partial charge in [0.1, 0.15) is 11.2 Å². The van der Waals surface area contributed by atoms with Crippen molar-refractivity contribution in [3.05, 3.63) is 11.6 Å². The van der Waals surface area contributed by atoms with Crippen molar-refractivity contribution in [3.8, 4) is 0 Å². The molecule has 1 unspecified atom stereocenters. The van der Waals surface area contributed by atoms with E-state index in [1.165, 1.54) is 5.57 Å². The molecule has 1 saturated carbocycles. The van der Waals surface area contributed by atoms with Crippen LogP contribution in [0.5, 0.6) is 0 Å². The van der Waals surface area contributed by atoms with Crippen molar-refractivity contribution in [1.29, 1.82) is 0 Å². The van der Waals surface area contributed by atoms with Gasteiger partial charge in [-0.05, 0) is 56.8 Å². The molecule has 0 aromatic rings. The Hall–Kier alpha value is -1.20. The minimum atomic E-state index is -0.946. The van der Waals surface area contributed by atoms with E-state index in [-0.39, 0.29) is 71.6 Å². The molecule has 166 valence electrons. The molecule has 5 aliphatic rings. The first-order valence-corrected chi connectivity index (χ1v) is 11.9. The van der Waals surface area contributed by atoms with Crippen molar-refractivity contribution in [2.45, 2.75) is 78.0 Å². The Morgan fingerprint density at radius 3 is 2.70 bits per heavy atom. The molecule has 5 heteroatoms. The highest BCUT2D eigenvalue weighted by atomic mass is 16.5. The third kappa shape index (κ3) is 2.48. The second-order valence-corrected chi connectivity index (χ2v) is 11.6. The summed E-state index contributed by atoms with van der Waals surface area (Å²) in [5, 5.41) is 13.2. The lowest BCUT2D eigenvalue weighted by atomic mass is 9.46. The summed E-state index contributed by atoms with van der Waals surface area (Å²) in [7, 11) is 0. The minimum Gasteiger partial charge on any atom is -0.396 e. The van der Waals surface area contributed by atoms with Gasteiger partial charge in [0.05, 0.1) is 11.7 Å². The van der Waals surface area contributed by atoms with Gasteiger partial charge >= 0.3 is 0 Å². The molecular formula is C25H37NO4. The highest BCUT2D eigenvalue weighted by Crippen LogP contribution is 2.66. The van der Waals surface area contributed by atoms with E-state index < -0.39 is 5.41 Å². The molecule has 3 saturated heterocycles. The first-order valence-electron chi connectivity index (χ1n) is 11.9. The van der Waals surface area contributed by atoms with E-state index in [1.807, 2.05) is 0 Å². The number of ether oxygens (including phenoxy) is 1. The highest BCUT2D eigenvalue weighted by Gasteiger charge is 2.74. The summed E-state index contributed by atoms with van der Waals surface area (Å²) in [6.07, 6.45) is 5.28. The molecule has 5 nitrogen and oxygen atoms in total. The Kier molecular flexibility index (Phi) is 4.59. The number of nitrogens with one attached hydrogen (secondary N) is 1. The van der Waals surface area contributed by atoms with Gasteiger partial charge in [0.2, 0.25) is 5.91 Å². The van der Waals surface area contributed by atoms with E-state index in [2.05, 4.69) is 46.0 Å². The highest BCUT2D eigenvalue weighted by molar-refractivity contribution is 6.10. The van der Waals surface area contributed by atoms with Gasteiger partial charge in [-0.1, -0.05) is 32.4 Å². The monoisotopic (exact) mass is 415 g/mol. The third-order valence-corrected chi connectivity index (χ3v) is 9.45. The Balaban J connectivity index is 1.64. The standard InChI is InChI=1S/C25H37NO4/c1-12(2)6-18-21-14(4)13(3)7-17-22-16(9-20(28)25(17,21)23(29)26-18)19-8-15(11-27)10-24(22,5)30-19/h7,12,14-19,21-22,27H,6,8-11H2,1-5H3,(H,26,29)/t14-,15-,16-,17?,18+,19-,21+,22+,24+,25-/m1/s1. The van der Waals surface area contributed by atoms with Crippen LogP contribution in [0.25, 0.3) is 0 Å². The van der Waals surface area contributed by atoms with Crippen molar-refractivity contribution < 1.29 is 19.4 Å². The number of allylic oxidation sites excluding steroid dienone is 2. The molecular weight excluding hydrogens is 378 g/mol. The summed E-state index contributed by atoms with van der Waals surface area (Å²) < 4.78 is 6.57. The number of hydrogen-bond acceptors (Lipinski definition) is 4. The van der Waals surface area contributed by atoms with Gasteiger partial charge in [-0.25, -0.2) is 0 Å². The van der Waals surface area contributed by atoms with Crippen LogP contribution in [-0.4, -0.2) is 41.2 Å². The third-order valence-electron chi connectivity index (χ3n) is 9.45. The fraction of sp³-hybridized carbons (Fsp3) is 0.840. The van der Waals surface area contributed by atoms with E-state index in [4.69, 9.17) is 4.74 Å².